The second-order valence-corrected chi connectivity index (χ2v) is 7.83. The third-order valence-electron chi connectivity index (χ3n) is 6.17. The minimum atomic E-state index is -0.624. The van der Waals surface area contributed by atoms with Gasteiger partial charge in [0.05, 0.1) is 0 Å². The van der Waals surface area contributed by atoms with E-state index in [4.69, 9.17) is 0 Å². The third-order valence-corrected chi connectivity index (χ3v) is 6.17. The molecule has 2 aromatic carbocycles. The Bertz CT molecular complexity index is 942. The minimum absolute atomic E-state index is 0. The van der Waals surface area contributed by atoms with E-state index in [0.717, 1.165) is 35.3 Å². The minimum Gasteiger partial charge on any atom is -0.371 e. The molecule has 2 amide bonds. The average Bonchev–Trinajstić information content (AvgIpc) is 2.77. The summed E-state index contributed by atoms with van der Waals surface area (Å²) in [5, 5.41) is 2.89. The van der Waals surface area contributed by atoms with Crippen molar-refractivity contribution in [3.05, 3.63) is 66.2 Å². The lowest BCUT2D eigenvalue weighted by Gasteiger charge is -2.39. The summed E-state index contributed by atoms with van der Waals surface area (Å²) in [7, 11) is 2.11. The Hall–Kier alpha value is -2.50. The molecular formula is C24H29Cl2N3O2. The normalized spacial score (nSPS) is 18.0. The fourth-order valence-electron chi connectivity index (χ4n) is 4.42. The molecule has 0 aliphatic carbocycles. The van der Waals surface area contributed by atoms with Crippen LogP contribution in [0.2, 0.25) is 0 Å². The summed E-state index contributed by atoms with van der Waals surface area (Å²) >= 11 is 0. The van der Waals surface area contributed by atoms with Crippen LogP contribution in [0.5, 0.6) is 0 Å². The first kappa shape index (κ1) is 24.8. The number of amides is 2. The summed E-state index contributed by atoms with van der Waals surface area (Å²) in [5.74, 6) is -0.863. The lowest BCUT2D eigenvalue weighted by molar-refractivity contribution is -0.141. The summed E-state index contributed by atoms with van der Waals surface area (Å²) in [4.78, 5) is 29.7. The second kappa shape index (κ2) is 10.7. The van der Waals surface area contributed by atoms with E-state index in [1.807, 2.05) is 47.4 Å². The van der Waals surface area contributed by atoms with Crippen molar-refractivity contribution in [2.45, 2.75) is 25.3 Å². The standard InChI is InChI=1S/C24H27N3O2.2ClH/c1-3-17-8-5-7-11-22(17)26(2)19-12-14-27(15-13-19)24(29)20-16-18-9-4-6-10-21(18)25-23(20)28;;/h3-11,19-20H,1,12-16H2,2H3,(H,25,28);2*1H. The van der Waals surface area contributed by atoms with Crippen LogP contribution in [0.25, 0.3) is 6.08 Å². The van der Waals surface area contributed by atoms with Crippen LogP contribution in [0.4, 0.5) is 11.4 Å². The van der Waals surface area contributed by atoms with Crippen LogP contribution in [0.3, 0.4) is 0 Å². The van der Waals surface area contributed by atoms with E-state index in [2.05, 4.69) is 36.0 Å². The number of nitrogens with one attached hydrogen (secondary N) is 1. The fraction of sp³-hybridized carbons (Fsp3) is 0.333. The predicted octanol–water partition coefficient (Wildman–Crippen LogP) is 4.41. The zero-order chi connectivity index (χ0) is 20.4. The topological polar surface area (TPSA) is 52.6 Å². The van der Waals surface area contributed by atoms with Gasteiger partial charge >= 0.3 is 0 Å². The van der Waals surface area contributed by atoms with Crippen LogP contribution in [0.1, 0.15) is 24.0 Å². The van der Waals surface area contributed by atoms with E-state index in [-0.39, 0.29) is 36.6 Å². The third kappa shape index (κ3) is 5.05. The number of piperidine rings is 1. The van der Waals surface area contributed by atoms with Crippen LogP contribution < -0.4 is 10.2 Å². The highest BCUT2D eigenvalue weighted by Crippen LogP contribution is 2.29. The van der Waals surface area contributed by atoms with Gasteiger partial charge in [0.15, 0.2) is 0 Å². The van der Waals surface area contributed by atoms with Crippen molar-refractivity contribution >= 4 is 54.1 Å². The van der Waals surface area contributed by atoms with Gasteiger partial charge in [-0.2, -0.15) is 0 Å². The zero-order valence-electron chi connectivity index (χ0n) is 17.6. The fourth-order valence-corrected chi connectivity index (χ4v) is 4.42. The van der Waals surface area contributed by atoms with Gasteiger partial charge in [-0.25, -0.2) is 0 Å². The molecule has 5 nitrogen and oxygen atoms in total. The van der Waals surface area contributed by atoms with Gasteiger partial charge in [0, 0.05) is 37.6 Å². The van der Waals surface area contributed by atoms with Gasteiger partial charge in [0.2, 0.25) is 11.8 Å². The average molecular weight is 462 g/mol. The molecule has 166 valence electrons. The first-order valence-corrected chi connectivity index (χ1v) is 10.2. The molecular weight excluding hydrogens is 433 g/mol. The summed E-state index contributed by atoms with van der Waals surface area (Å²) in [5.41, 5.74) is 4.13. The molecule has 1 fully saturated rings. The van der Waals surface area contributed by atoms with E-state index >= 15 is 0 Å². The summed E-state index contributed by atoms with van der Waals surface area (Å²) in [6, 6.07) is 16.3. The SMILES string of the molecule is C=Cc1ccccc1N(C)C1CCN(C(=O)C2Cc3ccccc3NC2=O)CC1.Cl.Cl. The van der Waals surface area contributed by atoms with E-state index in [1.165, 1.54) is 0 Å². The van der Waals surface area contributed by atoms with Crippen molar-refractivity contribution in [1.29, 1.82) is 0 Å². The number of para-hydroxylation sites is 2. The van der Waals surface area contributed by atoms with E-state index in [1.54, 1.807) is 0 Å². The molecule has 1 atom stereocenters. The molecule has 0 aromatic heterocycles. The molecule has 2 aliphatic heterocycles. The molecule has 1 N–H and O–H groups in total. The predicted molar refractivity (Wildman–Crippen MR) is 131 cm³/mol. The molecule has 0 radical (unpaired) electrons. The van der Waals surface area contributed by atoms with Gasteiger partial charge < -0.3 is 15.1 Å². The van der Waals surface area contributed by atoms with Crippen LogP contribution in [-0.2, 0) is 16.0 Å². The lowest BCUT2D eigenvalue weighted by Crippen LogP contribution is -2.50. The number of anilines is 2. The second-order valence-electron chi connectivity index (χ2n) is 7.83. The molecule has 2 aromatic rings. The maximum absolute atomic E-state index is 13.1. The lowest BCUT2D eigenvalue weighted by atomic mass is 9.91. The highest BCUT2D eigenvalue weighted by Gasteiger charge is 2.36. The molecule has 0 bridgehead atoms. The van der Waals surface area contributed by atoms with Crippen LogP contribution in [0, 0.1) is 5.92 Å². The van der Waals surface area contributed by atoms with E-state index in [0.29, 0.717) is 25.6 Å². The number of nitrogens with zero attached hydrogens (tertiary/aromatic N) is 2. The van der Waals surface area contributed by atoms with Gasteiger partial charge in [-0.15, -0.1) is 24.8 Å². The zero-order valence-corrected chi connectivity index (χ0v) is 19.3. The quantitative estimate of drug-likeness (QED) is 0.685. The first-order chi connectivity index (χ1) is 14.1. The molecule has 0 spiro atoms. The molecule has 4 rings (SSSR count). The number of carbonyl (C=O) groups is 2. The maximum Gasteiger partial charge on any atom is 0.237 e. The highest BCUT2D eigenvalue weighted by atomic mass is 35.5. The van der Waals surface area contributed by atoms with Crippen molar-refractivity contribution in [3.8, 4) is 0 Å². The molecule has 2 heterocycles. The molecule has 0 saturated carbocycles. The number of likely N-dealkylation sites (tertiary alicyclic amines) is 1. The Morgan fingerprint density at radius 1 is 1.10 bits per heavy atom. The number of rotatable bonds is 4. The van der Waals surface area contributed by atoms with Crippen LogP contribution in [0.15, 0.2) is 55.1 Å². The summed E-state index contributed by atoms with van der Waals surface area (Å²) in [6.45, 7) is 5.26. The van der Waals surface area contributed by atoms with E-state index in [9.17, 15) is 9.59 Å². The number of hydrogen-bond donors (Lipinski definition) is 1. The summed E-state index contributed by atoms with van der Waals surface area (Å²) < 4.78 is 0. The molecule has 31 heavy (non-hydrogen) atoms. The number of halogens is 2. The monoisotopic (exact) mass is 461 g/mol. The van der Waals surface area contributed by atoms with Gasteiger partial charge in [0.25, 0.3) is 0 Å². The van der Waals surface area contributed by atoms with Crippen molar-refractivity contribution in [1.82, 2.24) is 4.90 Å². The van der Waals surface area contributed by atoms with Gasteiger partial charge in [0.1, 0.15) is 5.92 Å². The van der Waals surface area contributed by atoms with Crippen molar-refractivity contribution < 1.29 is 9.59 Å². The smallest absolute Gasteiger partial charge is 0.237 e. The Morgan fingerprint density at radius 3 is 2.45 bits per heavy atom. The Labute approximate surface area is 196 Å². The van der Waals surface area contributed by atoms with Crippen LogP contribution in [-0.4, -0.2) is 42.9 Å². The molecule has 2 aliphatic rings. The number of fused-ring (bicyclic) bond motifs is 1. The van der Waals surface area contributed by atoms with Gasteiger partial charge in [-0.1, -0.05) is 49.1 Å². The van der Waals surface area contributed by atoms with Crippen LogP contribution >= 0.6 is 24.8 Å². The summed E-state index contributed by atoms with van der Waals surface area (Å²) in [6.07, 6.45) is 4.13. The van der Waals surface area contributed by atoms with Crippen molar-refractivity contribution in [3.63, 3.8) is 0 Å². The number of benzene rings is 2. The Morgan fingerprint density at radius 2 is 1.74 bits per heavy atom. The van der Waals surface area contributed by atoms with E-state index < -0.39 is 5.92 Å². The number of hydrogen-bond acceptors (Lipinski definition) is 3. The number of carbonyl (C=O) groups excluding carboxylic acids is 2. The maximum atomic E-state index is 13.1. The Balaban J connectivity index is 0.00000171. The molecule has 1 saturated heterocycles. The van der Waals surface area contributed by atoms with Gasteiger partial charge in [-0.05, 0) is 42.5 Å². The molecule has 7 heteroatoms. The first-order valence-electron chi connectivity index (χ1n) is 10.2. The highest BCUT2D eigenvalue weighted by molar-refractivity contribution is 6.08. The van der Waals surface area contributed by atoms with Crippen molar-refractivity contribution in [2.24, 2.45) is 5.92 Å². The van der Waals surface area contributed by atoms with Crippen molar-refractivity contribution in [2.75, 3.05) is 30.4 Å². The Kier molecular flexibility index (Phi) is 8.54. The molecule has 1 unspecified atom stereocenters. The van der Waals surface area contributed by atoms with Gasteiger partial charge in [-0.3, -0.25) is 9.59 Å². The largest absolute Gasteiger partial charge is 0.371 e.